The molecule has 0 bridgehead atoms. The average molecular weight is 235 g/mol. The minimum absolute atomic E-state index is 0.129. The second-order valence-electron chi connectivity index (χ2n) is 4.68. The molecule has 0 radical (unpaired) electrons. The molecule has 2 unspecified atom stereocenters. The van der Waals surface area contributed by atoms with Gasteiger partial charge in [0.05, 0.1) is 13.2 Å². The zero-order chi connectivity index (χ0) is 12.3. The molecular formula is C14H21NO2. The summed E-state index contributed by atoms with van der Waals surface area (Å²) in [4.78, 5) is 0. The predicted octanol–water partition coefficient (Wildman–Crippen LogP) is 2.04. The Morgan fingerprint density at radius 3 is 3.00 bits per heavy atom. The first kappa shape index (κ1) is 12.4. The summed E-state index contributed by atoms with van der Waals surface area (Å²) >= 11 is 0. The summed E-state index contributed by atoms with van der Waals surface area (Å²) in [7, 11) is 0. The van der Waals surface area contributed by atoms with E-state index in [1.807, 2.05) is 6.92 Å². The zero-order valence-electron chi connectivity index (χ0n) is 10.6. The van der Waals surface area contributed by atoms with Gasteiger partial charge in [0.15, 0.2) is 0 Å². The van der Waals surface area contributed by atoms with Gasteiger partial charge in [-0.1, -0.05) is 19.1 Å². The quantitative estimate of drug-likeness (QED) is 0.820. The van der Waals surface area contributed by atoms with E-state index in [1.165, 1.54) is 11.1 Å². The van der Waals surface area contributed by atoms with Gasteiger partial charge in [0.2, 0.25) is 0 Å². The van der Waals surface area contributed by atoms with Gasteiger partial charge < -0.3 is 15.2 Å². The van der Waals surface area contributed by atoms with Crippen LogP contribution in [0.1, 0.15) is 37.4 Å². The SMILES string of the molecule is CCC(NC(C)CO)c1ccc2c(c1)CCO2. The first-order chi connectivity index (χ1) is 8.24. The molecule has 0 saturated heterocycles. The third-order valence-corrected chi connectivity index (χ3v) is 3.28. The monoisotopic (exact) mass is 235 g/mol. The summed E-state index contributed by atoms with van der Waals surface area (Å²) in [5.74, 6) is 1.03. The van der Waals surface area contributed by atoms with E-state index in [9.17, 15) is 0 Å². The van der Waals surface area contributed by atoms with Gasteiger partial charge in [-0.3, -0.25) is 0 Å². The van der Waals surface area contributed by atoms with Crippen molar-refractivity contribution in [1.29, 1.82) is 0 Å². The summed E-state index contributed by atoms with van der Waals surface area (Å²) < 4.78 is 5.51. The highest BCUT2D eigenvalue weighted by molar-refractivity contribution is 5.40. The van der Waals surface area contributed by atoms with Gasteiger partial charge in [0.1, 0.15) is 5.75 Å². The number of hydrogen-bond acceptors (Lipinski definition) is 3. The average Bonchev–Trinajstić information content (AvgIpc) is 2.82. The van der Waals surface area contributed by atoms with Crippen LogP contribution in [0.5, 0.6) is 5.75 Å². The summed E-state index contributed by atoms with van der Waals surface area (Å²) in [6.07, 6.45) is 2.03. The summed E-state index contributed by atoms with van der Waals surface area (Å²) in [5, 5.41) is 12.5. The van der Waals surface area contributed by atoms with Crippen molar-refractivity contribution in [3.8, 4) is 5.75 Å². The third-order valence-electron chi connectivity index (χ3n) is 3.28. The van der Waals surface area contributed by atoms with Gasteiger partial charge in [-0.25, -0.2) is 0 Å². The number of aliphatic hydroxyl groups excluding tert-OH is 1. The lowest BCUT2D eigenvalue weighted by molar-refractivity contribution is 0.239. The van der Waals surface area contributed by atoms with E-state index >= 15 is 0 Å². The molecule has 2 N–H and O–H groups in total. The molecule has 1 heterocycles. The molecule has 0 aliphatic carbocycles. The Kier molecular flexibility index (Phi) is 4.02. The second-order valence-corrected chi connectivity index (χ2v) is 4.68. The molecular weight excluding hydrogens is 214 g/mol. The highest BCUT2D eigenvalue weighted by Crippen LogP contribution is 2.29. The Bertz CT molecular complexity index is 378. The van der Waals surface area contributed by atoms with Crippen molar-refractivity contribution in [2.75, 3.05) is 13.2 Å². The Balaban J connectivity index is 2.14. The maximum atomic E-state index is 9.10. The maximum absolute atomic E-state index is 9.10. The molecule has 3 heteroatoms. The Morgan fingerprint density at radius 2 is 2.29 bits per heavy atom. The van der Waals surface area contributed by atoms with Crippen LogP contribution >= 0.6 is 0 Å². The van der Waals surface area contributed by atoms with Crippen LogP contribution < -0.4 is 10.1 Å². The van der Waals surface area contributed by atoms with E-state index in [4.69, 9.17) is 9.84 Å². The van der Waals surface area contributed by atoms with Gasteiger partial charge in [-0.05, 0) is 30.5 Å². The lowest BCUT2D eigenvalue weighted by atomic mass is 10.00. The maximum Gasteiger partial charge on any atom is 0.122 e. The van der Waals surface area contributed by atoms with Crippen LogP contribution in [0.25, 0.3) is 0 Å². The molecule has 17 heavy (non-hydrogen) atoms. The van der Waals surface area contributed by atoms with Crippen LogP contribution in [-0.2, 0) is 6.42 Å². The smallest absolute Gasteiger partial charge is 0.122 e. The van der Waals surface area contributed by atoms with E-state index in [0.29, 0.717) is 6.04 Å². The Hall–Kier alpha value is -1.06. The molecule has 0 spiro atoms. The van der Waals surface area contributed by atoms with Crippen molar-refractivity contribution in [2.24, 2.45) is 0 Å². The Labute approximate surface area is 103 Å². The van der Waals surface area contributed by atoms with E-state index in [0.717, 1.165) is 25.2 Å². The number of fused-ring (bicyclic) bond motifs is 1. The molecule has 2 atom stereocenters. The molecule has 2 rings (SSSR count). The molecule has 1 aliphatic heterocycles. The largest absolute Gasteiger partial charge is 0.493 e. The lowest BCUT2D eigenvalue weighted by Gasteiger charge is -2.21. The summed E-state index contributed by atoms with van der Waals surface area (Å²) in [6.45, 7) is 5.13. The molecule has 1 aromatic carbocycles. The number of aliphatic hydroxyl groups is 1. The van der Waals surface area contributed by atoms with Crippen LogP contribution in [-0.4, -0.2) is 24.4 Å². The number of nitrogens with one attached hydrogen (secondary N) is 1. The lowest BCUT2D eigenvalue weighted by Crippen LogP contribution is -2.32. The van der Waals surface area contributed by atoms with Crippen LogP contribution in [0.2, 0.25) is 0 Å². The van der Waals surface area contributed by atoms with E-state index in [-0.39, 0.29) is 12.6 Å². The standard InChI is InChI=1S/C14H21NO2/c1-3-13(15-10(2)9-16)11-4-5-14-12(8-11)6-7-17-14/h4-5,8,10,13,15-16H,3,6-7,9H2,1-2H3. The number of benzene rings is 1. The second kappa shape index (κ2) is 5.52. The van der Waals surface area contributed by atoms with Gasteiger partial charge in [-0.15, -0.1) is 0 Å². The molecule has 0 saturated carbocycles. The van der Waals surface area contributed by atoms with E-state index in [2.05, 4.69) is 30.4 Å². The van der Waals surface area contributed by atoms with Gasteiger partial charge in [0.25, 0.3) is 0 Å². The van der Waals surface area contributed by atoms with Gasteiger partial charge in [-0.2, -0.15) is 0 Å². The minimum atomic E-state index is 0.129. The van der Waals surface area contributed by atoms with Gasteiger partial charge in [0, 0.05) is 18.5 Å². The van der Waals surface area contributed by atoms with Crippen LogP contribution in [0.4, 0.5) is 0 Å². The number of rotatable bonds is 5. The molecule has 3 nitrogen and oxygen atoms in total. The molecule has 0 fully saturated rings. The van der Waals surface area contributed by atoms with Crippen molar-refractivity contribution < 1.29 is 9.84 Å². The summed E-state index contributed by atoms with van der Waals surface area (Å²) in [6, 6.07) is 6.85. The van der Waals surface area contributed by atoms with Crippen molar-refractivity contribution in [3.63, 3.8) is 0 Å². The van der Waals surface area contributed by atoms with E-state index < -0.39 is 0 Å². The number of hydrogen-bond donors (Lipinski definition) is 2. The molecule has 0 aromatic heterocycles. The molecule has 0 amide bonds. The Morgan fingerprint density at radius 1 is 1.47 bits per heavy atom. The van der Waals surface area contributed by atoms with Crippen molar-refractivity contribution in [2.45, 2.75) is 38.8 Å². The highest BCUT2D eigenvalue weighted by Gasteiger charge is 2.16. The van der Waals surface area contributed by atoms with Crippen LogP contribution in [0.3, 0.4) is 0 Å². The van der Waals surface area contributed by atoms with Crippen LogP contribution in [0.15, 0.2) is 18.2 Å². The molecule has 1 aromatic rings. The third kappa shape index (κ3) is 2.79. The first-order valence-electron chi connectivity index (χ1n) is 6.37. The van der Waals surface area contributed by atoms with Gasteiger partial charge >= 0.3 is 0 Å². The fourth-order valence-electron chi connectivity index (χ4n) is 2.27. The number of ether oxygens (including phenoxy) is 1. The van der Waals surface area contributed by atoms with Crippen molar-refractivity contribution in [1.82, 2.24) is 5.32 Å². The normalized spacial score (nSPS) is 17.4. The zero-order valence-corrected chi connectivity index (χ0v) is 10.6. The fourth-order valence-corrected chi connectivity index (χ4v) is 2.27. The highest BCUT2D eigenvalue weighted by atomic mass is 16.5. The molecule has 1 aliphatic rings. The minimum Gasteiger partial charge on any atom is -0.493 e. The molecule has 94 valence electrons. The van der Waals surface area contributed by atoms with E-state index in [1.54, 1.807) is 0 Å². The van der Waals surface area contributed by atoms with Crippen molar-refractivity contribution in [3.05, 3.63) is 29.3 Å². The van der Waals surface area contributed by atoms with Crippen molar-refractivity contribution >= 4 is 0 Å². The predicted molar refractivity (Wildman–Crippen MR) is 68.4 cm³/mol. The topological polar surface area (TPSA) is 41.5 Å². The van der Waals surface area contributed by atoms with Crippen LogP contribution in [0, 0.1) is 0 Å². The first-order valence-corrected chi connectivity index (χ1v) is 6.37. The summed E-state index contributed by atoms with van der Waals surface area (Å²) in [5.41, 5.74) is 2.59. The fraction of sp³-hybridized carbons (Fsp3) is 0.571.